The molecule has 0 spiro atoms. The van der Waals surface area contributed by atoms with E-state index in [0.717, 1.165) is 22.3 Å². The second kappa shape index (κ2) is 3.66. The molecule has 0 fully saturated rings. The Labute approximate surface area is 98.7 Å². The number of rotatable bonds is 2. The molecule has 2 N–H and O–H groups in total. The van der Waals surface area contributed by atoms with Gasteiger partial charge in [-0.25, -0.2) is 4.98 Å². The normalized spacial score (nSPS) is 11.1. The van der Waals surface area contributed by atoms with Crippen molar-refractivity contribution in [1.29, 1.82) is 0 Å². The molecule has 1 aromatic carbocycles. The lowest BCUT2D eigenvalue weighted by molar-refractivity contribution is 0.569. The van der Waals surface area contributed by atoms with E-state index in [1.807, 2.05) is 35.9 Å². The summed E-state index contributed by atoms with van der Waals surface area (Å²) in [4.78, 5) is 4.02. The number of hydrogen-bond acceptors (Lipinski definition) is 3. The zero-order valence-corrected chi connectivity index (χ0v) is 9.55. The molecule has 2 heterocycles. The van der Waals surface area contributed by atoms with Gasteiger partial charge in [0.15, 0.2) is 5.95 Å². The minimum Gasteiger partial charge on any atom is -0.461 e. The SMILES string of the molecule is Cc1oc2ccccc2c1Cn1ccnc1N. The summed E-state index contributed by atoms with van der Waals surface area (Å²) < 4.78 is 7.62. The predicted molar refractivity (Wildman–Crippen MR) is 66.7 cm³/mol. The maximum Gasteiger partial charge on any atom is 0.200 e. The van der Waals surface area contributed by atoms with Gasteiger partial charge in [-0.1, -0.05) is 18.2 Å². The molecule has 0 aliphatic heterocycles. The number of para-hydroxylation sites is 1. The van der Waals surface area contributed by atoms with E-state index in [1.165, 1.54) is 0 Å². The van der Waals surface area contributed by atoms with E-state index >= 15 is 0 Å². The number of fused-ring (bicyclic) bond motifs is 1. The number of nitrogens with zero attached hydrogens (tertiary/aromatic N) is 2. The average molecular weight is 227 g/mol. The van der Waals surface area contributed by atoms with Gasteiger partial charge in [0, 0.05) is 23.3 Å². The van der Waals surface area contributed by atoms with Crippen LogP contribution < -0.4 is 5.73 Å². The summed E-state index contributed by atoms with van der Waals surface area (Å²) in [5.41, 5.74) is 7.85. The fourth-order valence-electron chi connectivity index (χ4n) is 2.06. The molecular formula is C13H13N3O. The highest BCUT2D eigenvalue weighted by Crippen LogP contribution is 2.26. The van der Waals surface area contributed by atoms with Gasteiger partial charge in [-0.05, 0) is 13.0 Å². The fraction of sp³-hybridized carbons (Fsp3) is 0.154. The molecule has 0 aliphatic carbocycles. The van der Waals surface area contributed by atoms with Crippen molar-refractivity contribution in [3.8, 4) is 0 Å². The number of imidazole rings is 1. The van der Waals surface area contributed by atoms with Gasteiger partial charge < -0.3 is 14.7 Å². The maximum absolute atomic E-state index is 5.77. The molecular weight excluding hydrogens is 214 g/mol. The van der Waals surface area contributed by atoms with Crippen LogP contribution in [0.3, 0.4) is 0 Å². The molecule has 0 saturated heterocycles. The summed E-state index contributed by atoms with van der Waals surface area (Å²) >= 11 is 0. The Balaban J connectivity index is 2.11. The van der Waals surface area contributed by atoms with Crippen LogP contribution in [0, 0.1) is 6.92 Å². The van der Waals surface area contributed by atoms with Crippen molar-refractivity contribution in [2.24, 2.45) is 0 Å². The second-order valence-corrected chi connectivity index (χ2v) is 4.05. The van der Waals surface area contributed by atoms with Gasteiger partial charge in [0.05, 0.1) is 6.54 Å². The van der Waals surface area contributed by atoms with Gasteiger partial charge in [-0.3, -0.25) is 0 Å². The molecule has 0 radical (unpaired) electrons. The highest BCUT2D eigenvalue weighted by molar-refractivity contribution is 5.82. The molecule has 0 amide bonds. The highest BCUT2D eigenvalue weighted by Gasteiger charge is 2.11. The van der Waals surface area contributed by atoms with Crippen LogP contribution in [0.4, 0.5) is 5.95 Å². The molecule has 3 rings (SSSR count). The third kappa shape index (κ3) is 1.58. The van der Waals surface area contributed by atoms with Crippen molar-refractivity contribution >= 4 is 16.9 Å². The number of aromatic nitrogens is 2. The van der Waals surface area contributed by atoms with Crippen LogP contribution in [0.25, 0.3) is 11.0 Å². The first-order valence-corrected chi connectivity index (χ1v) is 5.49. The van der Waals surface area contributed by atoms with Crippen molar-refractivity contribution in [1.82, 2.24) is 9.55 Å². The molecule has 0 bridgehead atoms. The number of nitrogens with two attached hydrogens (primary N) is 1. The Morgan fingerprint density at radius 3 is 2.94 bits per heavy atom. The van der Waals surface area contributed by atoms with E-state index in [-0.39, 0.29) is 0 Å². The zero-order valence-electron chi connectivity index (χ0n) is 9.55. The Morgan fingerprint density at radius 2 is 2.18 bits per heavy atom. The lowest BCUT2D eigenvalue weighted by atomic mass is 10.1. The van der Waals surface area contributed by atoms with Crippen LogP contribution in [0.1, 0.15) is 11.3 Å². The summed E-state index contributed by atoms with van der Waals surface area (Å²) in [6.07, 6.45) is 3.57. The first kappa shape index (κ1) is 9.96. The maximum atomic E-state index is 5.77. The summed E-state index contributed by atoms with van der Waals surface area (Å²) in [5.74, 6) is 1.45. The van der Waals surface area contributed by atoms with Crippen LogP contribution in [0.5, 0.6) is 0 Å². The Morgan fingerprint density at radius 1 is 1.35 bits per heavy atom. The monoisotopic (exact) mass is 227 g/mol. The number of hydrogen-bond donors (Lipinski definition) is 1. The highest BCUT2D eigenvalue weighted by atomic mass is 16.3. The number of anilines is 1. The number of furan rings is 1. The van der Waals surface area contributed by atoms with E-state index in [0.29, 0.717) is 12.5 Å². The van der Waals surface area contributed by atoms with Gasteiger partial charge >= 0.3 is 0 Å². The Kier molecular flexibility index (Phi) is 2.14. The van der Waals surface area contributed by atoms with Gasteiger partial charge in [-0.2, -0.15) is 0 Å². The first-order valence-electron chi connectivity index (χ1n) is 5.49. The molecule has 0 unspecified atom stereocenters. The smallest absolute Gasteiger partial charge is 0.200 e. The quantitative estimate of drug-likeness (QED) is 0.732. The summed E-state index contributed by atoms with van der Waals surface area (Å²) in [7, 11) is 0. The molecule has 2 aromatic heterocycles. The molecule has 0 saturated carbocycles. The zero-order chi connectivity index (χ0) is 11.8. The van der Waals surface area contributed by atoms with Crippen molar-refractivity contribution in [2.75, 3.05) is 5.73 Å². The fourth-order valence-corrected chi connectivity index (χ4v) is 2.06. The summed E-state index contributed by atoms with van der Waals surface area (Å²) in [6, 6.07) is 8.02. The minimum absolute atomic E-state index is 0.523. The third-order valence-electron chi connectivity index (χ3n) is 2.98. The number of nitrogen functional groups attached to an aromatic ring is 1. The van der Waals surface area contributed by atoms with Gasteiger partial charge in [0.2, 0.25) is 0 Å². The lowest BCUT2D eigenvalue weighted by Crippen LogP contribution is -2.03. The molecule has 0 atom stereocenters. The largest absolute Gasteiger partial charge is 0.461 e. The van der Waals surface area contributed by atoms with E-state index < -0.39 is 0 Å². The summed E-state index contributed by atoms with van der Waals surface area (Å²) in [6.45, 7) is 2.66. The van der Waals surface area contributed by atoms with E-state index in [1.54, 1.807) is 6.20 Å². The molecule has 4 heteroatoms. The summed E-state index contributed by atoms with van der Waals surface area (Å²) in [5, 5.41) is 1.14. The molecule has 4 nitrogen and oxygen atoms in total. The van der Waals surface area contributed by atoms with E-state index in [2.05, 4.69) is 11.1 Å². The van der Waals surface area contributed by atoms with Crippen LogP contribution in [-0.4, -0.2) is 9.55 Å². The number of benzene rings is 1. The molecule has 0 aliphatic rings. The predicted octanol–water partition coefficient (Wildman–Crippen LogP) is 2.57. The van der Waals surface area contributed by atoms with Crippen LogP contribution >= 0.6 is 0 Å². The van der Waals surface area contributed by atoms with Crippen LogP contribution in [-0.2, 0) is 6.54 Å². The third-order valence-corrected chi connectivity index (χ3v) is 2.98. The minimum atomic E-state index is 0.523. The van der Waals surface area contributed by atoms with Gasteiger partial charge in [0.25, 0.3) is 0 Å². The standard InChI is InChI=1S/C13H13N3O/c1-9-11(8-16-7-6-15-13(16)14)10-4-2-3-5-12(10)17-9/h2-7H,8H2,1H3,(H2,14,15). The Bertz CT molecular complexity index is 666. The van der Waals surface area contributed by atoms with Crippen molar-refractivity contribution in [2.45, 2.75) is 13.5 Å². The average Bonchev–Trinajstić information content (AvgIpc) is 2.85. The second-order valence-electron chi connectivity index (χ2n) is 4.05. The molecule has 17 heavy (non-hydrogen) atoms. The van der Waals surface area contributed by atoms with E-state index in [4.69, 9.17) is 10.2 Å². The Hall–Kier alpha value is -2.23. The van der Waals surface area contributed by atoms with Crippen molar-refractivity contribution in [3.63, 3.8) is 0 Å². The molecule has 86 valence electrons. The first-order chi connectivity index (χ1) is 8.25. The molecule has 3 aromatic rings. The van der Waals surface area contributed by atoms with E-state index in [9.17, 15) is 0 Å². The van der Waals surface area contributed by atoms with Gasteiger partial charge in [-0.15, -0.1) is 0 Å². The van der Waals surface area contributed by atoms with Crippen LogP contribution in [0.15, 0.2) is 41.1 Å². The van der Waals surface area contributed by atoms with Crippen molar-refractivity contribution < 1.29 is 4.42 Å². The van der Waals surface area contributed by atoms with Crippen molar-refractivity contribution in [3.05, 3.63) is 48.0 Å². The van der Waals surface area contributed by atoms with Gasteiger partial charge in [0.1, 0.15) is 11.3 Å². The lowest BCUT2D eigenvalue weighted by Gasteiger charge is -2.03. The van der Waals surface area contributed by atoms with Crippen LogP contribution in [0.2, 0.25) is 0 Å². The topological polar surface area (TPSA) is 57.0 Å². The number of aryl methyl sites for hydroxylation is 1.